The summed E-state index contributed by atoms with van der Waals surface area (Å²) in [5.41, 5.74) is -0.231. The molecule has 0 radical (unpaired) electrons. The van der Waals surface area contributed by atoms with E-state index in [0.717, 1.165) is 38.4 Å². The predicted octanol–water partition coefficient (Wildman–Crippen LogP) is -0.218. The molecule has 9 nitrogen and oxygen atoms in total. The van der Waals surface area contributed by atoms with E-state index in [1.54, 1.807) is 0 Å². The van der Waals surface area contributed by atoms with Crippen LogP contribution in [-0.4, -0.2) is 83.6 Å². The summed E-state index contributed by atoms with van der Waals surface area (Å²) in [6.07, 6.45) is 6.16. The quantitative estimate of drug-likeness (QED) is 0.595. The number of nitrogens with one attached hydrogen (secondary N) is 3. The fourth-order valence-electron chi connectivity index (χ4n) is 4.07. The molecule has 1 aromatic rings. The maximum Gasteiger partial charge on any atom is 0.323 e. The number of likely N-dealkylation sites (tertiary alicyclic amines) is 1. The Hall–Kier alpha value is -2.13. The number of H-pyrrole nitrogens is 2. The van der Waals surface area contributed by atoms with E-state index in [1.165, 1.54) is 25.6 Å². The first-order chi connectivity index (χ1) is 13.6. The van der Waals surface area contributed by atoms with E-state index in [4.69, 9.17) is 4.74 Å². The standard InChI is InChI=1S/C19H29N5O4/c25-17-12-28-15(7-20-18(26)16-8-21-19(27)22-16)11-24(17)10-14-3-5-23(6-4-14)9-13-1-2-13/h8,13-15H,1-7,9-12H2,(H,20,26)(H2,21,22,27)/t15-/m1/s1. The van der Waals surface area contributed by atoms with Crippen LogP contribution in [0.5, 0.6) is 0 Å². The van der Waals surface area contributed by atoms with E-state index >= 15 is 0 Å². The van der Waals surface area contributed by atoms with Gasteiger partial charge in [0.1, 0.15) is 12.3 Å². The van der Waals surface area contributed by atoms with E-state index in [0.29, 0.717) is 19.0 Å². The average molecular weight is 391 g/mol. The summed E-state index contributed by atoms with van der Waals surface area (Å²) >= 11 is 0. The molecular formula is C19H29N5O4. The summed E-state index contributed by atoms with van der Waals surface area (Å²) in [7, 11) is 0. The molecule has 28 heavy (non-hydrogen) atoms. The van der Waals surface area contributed by atoms with E-state index in [1.807, 2.05) is 4.90 Å². The highest BCUT2D eigenvalue weighted by Gasteiger charge is 2.31. The molecule has 3 N–H and O–H groups in total. The molecule has 1 aromatic heterocycles. The summed E-state index contributed by atoms with van der Waals surface area (Å²) in [6.45, 7) is 5.14. The van der Waals surface area contributed by atoms with Crippen molar-refractivity contribution in [2.75, 3.05) is 45.9 Å². The number of morpholine rings is 1. The Morgan fingerprint density at radius 3 is 2.57 bits per heavy atom. The molecule has 4 rings (SSSR count). The van der Waals surface area contributed by atoms with Gasteiger partial charge in [-0.1, -0.05) is 0 Å². The number of aromatic nitrogens is 2. The molecule has 1 saturated carbocycles. The summed E-state index contributed by atoms with van der Waals surface area (Å²) in [4.78, 5) is 44.6. The largest absolute Gasteiger partial charge is 0.365 e. The zero-order chi connectivity index (χ0) is 19.5. The predicted molar refractivity (Wildman–Crippen MR) is 102 cm³/mol. The van der Waals surface area contributed by atoms with Gasteiger partial charge in [0.25, 0.3) is 5.91 Å². The molecule has 0 unspecified atom stereocenters. The SMILES string of the molecule is O=C(NC[C@@H]1CN(CC2CCN(CC3CC3)CC2)C(=O)CO1)c1c[nH]c(=O)[nH]1. The molecule has 0 aromatic carbocycles. The van der Waals surface area contributed by atoms with Gasteiger partial charge in [-0.2, -0.15) is 0 Å². The molecule has 1 aliphatic carbocycles. The lowest BCUT2D eigenvalue weighted by Gasteiger charge is -2.38. The van der Waals surface area contributed by atoms with Crippen LogP contribution in [0.25, 0.3) is 0 Å². The van der Waals surface area contributed by atoms with Crippen LogP contribution in [0.15, 0.2) is 11.0 Å². The van der Waals surface area contributed by atoms with Crippen molar-refractivity contribution >= 4 is 11.8 Å². The molecule has 154 valence electrons. The van der Waals surface area contributed by atoms with E-state index in [2.05, 4.69) is 20.2 Å². The van der Waals surface area contributed by atoms with E-state index < -0.39 is 5.69 Å². The highest BCUT2D eigenvalue weighted by molar-refractivity contribution is 5.91. The third kappa shape index (κ3) is 5.02. The second-order valence-corrected chi connectivity index (χ2v) is 8.29. The van der Waals surface area contributed by atoms with Crippen LogP contribution in [-0.2, 0) is 9.53 Å². The van der Waals surface area contributed by atoms with Crippen molar-refractivity contribution < 1.29 is 14.3 Å². The van der Waals surface area contributed by atoms with Crippen LogP contribution < -0.4 is 11.0 Å². The number of piperidine rings is 1. The van der Waals surface area contributed by atoms with Crippen LogP contribution in [0.2, 0.25) is 0 Å². The highest BCUT2D eigenvalue weighted by Crippen LogP contribution is 2.31. The Kier molecular flexibility index (Phi) is 5.82. The Morgan fingerprint density at radius 1 is 1.14 bits per heavy atom. The van der Waals surface area contributed by atoms with Gasteiger partial charge in [0, 0.05) is 32.4 Å². The highest BCUT2D eigenvalue weighted by atomic mass is 16.5. The minimum Gasteiger partial charge on any atom is -0.365 e. The van der Waals surface area contributed by atoms with E-state index in [-0.39, 0.29) is 30.2 Å². The molecule has 3 aliphatic rings. The second-order valence-electron chi connectivity index (χ2n) is 8.29. The third-order valence-electron chi connectivity index (χ3n) is 5.95. The van der Waals surface area contributed by atoms with Crippen molar-refractivity contribution in [3.63, 3.8) is 0 Å². The van der Waals surface area contributed by atoms with Gasteiger partial charge in [0.05, 0.1) is 6.10 Å². The summed E-state index contributed by atoms with van der Waals surface area (Å²) in [6, 6.07) is 0. The maximum absolute atomic E-state index is 12.3. The van der Waals surface area contributed by atoms with Crippen LogP contribution >= 0.6 is 0 Å². The van der Waals surface area contributed by atoms with Gasteiger partial charge in [0.2, 0.25) is 5.91 Å². The van der Waals surface area contributed by atoms with Crippen molar-refractivity contribution in [2.45, 2.75) is 31.8 Å². The lowest BCUT2D eigenvalue weighted by Crippen LogP contribution is -2.52. The molecule has 2 aliphatic heterocycles. The van der Waals surface area contributed by atoms with Crippen molar-refractivity contribution in [2.24, 2.45) is 11.8 Å². The number of carbonyl (C=O) groups excluding carboxylic acids is 2. The lowest BCUT2D eigenvalue weighted by atomic mass is 9.95. The maximum atomic E-state index is 12.3. The molecule has 1 atom stereocenters. The zero-order valence-corrected chi connectivity index (χ0v) is 16.1. The van der Waals surface area contributed by atoms with Crippen molar-refractivity contribution in [3.05, 3.63) is 22.4 Å². The third-order valence-corrected chi connectivity index (χ3v) is 5.95. The molecule has 2 amide bonds. The molecule has 9 heteroatoms. The van der Waals surface area contributed by atoms with Gasteiger partial charge in [-0.25, -0.2) is 4.79 Å². The topological polar surface area (TPSA) is 111 Å². The first-order valence-electron chi connectivity index (χ1n) is 10.2. The monoisotopic (exact) mass is 391 g/mol. The van der Waals surface area contributed by atoms with Crippen LogP contribution in [0.4, 0.5) is 0 Å². The minimum absolute atomic E-state index is 0.0259. The van der Waals surface area contributed by atoms with Gasteiger partial charge < -0.3 is 29.8 Å². The zero-order valence-electron chi connectivity index (χ0n) is 16.1. The molecule has 0 bridgehead atoms. The number of rotatable bonds is 7. The number of hydrogen-bond donors (Lipinski definition) is 3. The number of hydrogen-bond acceptors (Lipinski definition) is 5. The second kappa shape index (κ2) is 8.48. The number of aromatic amines is 2. The summed E-state index contributed by atoms with van der Waals surface area (Å²) < 4.78 is 5.57. The number of nitrogens with zero attached hydrogens (tertiary/aromatic N) is 2. The first kappa shape index (κ1) is 19.2. The van der Waals surface area contributed by atoms with Gasteiger partial charge in [-0.15, -0.1) is 0 Å². The number of imidazole rings is 1. The van der Waals surface area contributed by atoms with E-state index in [9.17, 15) is 14.4 Å². The number of ether oxygens (including phenoxy) is 1. The molecule has 3 fully saturated rings. The number of amides is 2. The molecule has 2 saturated heterocycles. The van der Waals surface area contributed by atoms with Gasteiger partial charge in [-0.3, -0.25) is 9.59 Å². The van der Waals surface area contributed by atoms with Crippen LogP contribution in [0.3, 0.4) is 0 Å². The lowest BCUT2D eigenvalue weighted by molar-refractivity contribution is -0.149. The Balaban J connectivity index is 1.21. The van der Waals surface area contributed by atoms with Gasteiger partial charge in [0.15, 0.2) is 0 Å². The fraction of sp³-hybridized carbons (Fsp3) is 0.737. The molecular weight excluding hydrogens is 362 g/mol. The van der Waals surface area contributed by atoms with Crippen molar-refractivity contribution in [1.82, 2.24) is 25.1 Å². The summed E-state index contributed by atoms with van der Waals surface area (Å²) in [5.74, 6) is 1.13. The van der Waals surface area contributed by atoms with Crippen molar-refractivity contribution in [3.8, 4) is 0 Å². The van der Waals surface area contributed by atoms with Crippen molar-refractivity contribution in [1.29, 1.82) is 0 Å². The smallest absolute Gasteiger partial charge is 0.323 e. The fourth-order valence-corrected chi connectivity index (χ4v) is 4.07. The Morgan fingerprint density at radius 2 is 1.89 bits per heavy atom. The van der Waals surface area contributed by atoms with Gasteiger partial charge >= 0.3 is 5.69 Å². The molecule has 3 heterocycles. The Labute approximate surface area is 163 Å². The van der Waals surface area contributed by atoms with Crippen LogP contribution in [0.1, 0.15) is 36.2 Å². The van der Waals surface area contributed by atoms with Crippen LogP contribution in [0, 0.1) is 11.8 Å². The summed E-state index contributed by atoms with van der Waals surface area (Å²) in [5, 5.41) is 2.75. The molecule has 0 spiro atoms. The first-order valence-corrected chi connectivity index (χ1v) is 10.2. The minimum atomic E-state index is -0.418. The average Bonchev–Trinajstić information content (AvgIpc) is 3.40. The Bertz CT molecular complexity index is 748. The number of carbonyl (C=O) groups is 2. The normalized spacial score (nSPS) is 24.5. The van der Waals surface area contributed by atoms with Gasteiger partial charge in [-0.05, 0) is 50.6 Å².